The van der Waals surface area contributed by atoms with Gasteiger partial charge in [0.2, 0.25) is 0 Å². The van der Waals surface area contributed by atoms with E-state index < -0.39 is 0 Å². The molecule has 110 valence electrons. The molecular weight excluding hydrogens is 236 g/mol. The topological polar surface area (TPSA) is 38.5 Å². The molecule has 0 bridgehead atoms. The molecule has 2 atom stereocenters. The van der Waals surface area contributed by atoms with E-state index in [0.717, 1.165) is 12.5 Å². The van der Waals surface area contributed by atoms with Crippen molar-refractivity contribution in [1.29, 1.82) is 0 Å². The van der Waals surface area contributed by atoms with E-state index in [2.05, 4.69) is 4.90 Å². The maximum absolute atomic E-state index is 6.48. The largest absolute Gasteiger partial charge is 0.370 e. The third kappa shape index (κ3) is 3.32. The summed E-state index contributed by atoms with van der Waals surface area (Å²) in [5.41, 5.74) is 5.96. The monoisotopic (exact) mass is 266 g/mol. The van der Waals surface area contributed by atoms with Crippen molar-refractivity contribution in [2.24, 2.45) is 11.7 Å². The lowest BCUT2D eigenvalue weighted by molar-refractivity contribution is -0.0705. The fourth-order valence-electron chi connectivity index (χ4n) is 4.43. The van der Waals surface area contributed by atoms with Crippen LogP contribution in [-0.4, -0.2) is 42.8 Å². The van der Waals surface area contributed by atoms with Gasteiger partial charge < -0.3 is 15.4 Å². The van der Waals surface area contributed by atoms with Crippen molar-refractivity contribution in [3.8, 4) is 0 Å². The summed E-state index contributed by atoms with van der Waals surface area (Å²) in [4.78, 5) is 2.62. The normalized spacial score (nSPS) is 35.2. The Kier molecular flexibility index (Phi) is 4.45. The van der Waals surface area contributed by atoms with Crippen LogP contribution in [0.25, 0.3) is 0 Å². The molecule has 1 saturated carbocycles. The molecule has 19 heavy (non-hydrogen) atoms. The van der Waals surface area contributed by atoms with Crippen molar-refractivity contribution in [2.75, 3.05) is 26.2 Å². The van der Waals surface area contributed by atoms with Gasteiger partial charge in [0.25, 0.3) is 0 Å². The number of nitrogens with two attached hydrogens (primary N) is 1. The Morgan fingerprint density at radius 3 is 2.74 bits per heavy atom. The van der Waals surface area contributed by atoms with E-state index >= 15 is 0 Å². The minimum absolute atomic E-state index is 0.291. The van der Waals surface area contributed by atoms with Crippen LogP contribution in [0.4, 0.5) is 0 Å². The molecule has 3 heteroatoms. The standard InChI is InChI=1S/C16H30N2O/c17-10-5-14-6-11-18(12-14)13-15-4-9-16(19-15)7-2-1-3-8-16/h14-15H,1-13,17H2. The fraction of sp³-hybridized carbons (Fsp3) is 1.00. The third-order valence-electron chi connectivity index (χ3n) is 5.51. The van der Waals surface area contributed by atoms with Crippen molar-refractivity contribution < 1.29 is 4.74 Å². The number of likely N-dealkylation sites (tertiary alicyclic amines) is 1. The Morgan fingerprint density at radius 2 is 1.95 bits per heavy atom. The molecular formula is C16H30N2O. The van der Waals surface area contributed by atoms with E-state index in [9.17, 15) is 0 Å². The number of nitrogens with zero attached hydrogens (tertiary/aromatic N) is 1. The van der Waals surface area contributed by atoms with Gasteiger partial charge in [0.15, 0.2) is 0 Å². The molecule has 1 spiro atoms. The zero-order valence-corrected chi connectivity index (χ0v) is 12.3. The predicted octanol–water partition coefficient (Wildman–Crippen LogP) is 2.54. The van der Waals surface area contributed by atoms with Crippen LogP contribution >= 0.6 is 0 Å². The van der Waals surface area contributed by atoms with Gasteiger partial charge in [-0.3, -0.25) is 0 Å². The first-order chi connectivity index (χ1) is 9.30. The second-order valence-corrected chi connectivity index (χ2v) is 7.01. The summed E-state index contributed by atoms with van der Waals surface area (Å²) in [5, 5.41) is 0. The van der Waals surface area contributed by atoms with Crippen LogP contribution in [0.5, 0.6) is 0 Å². The molecule has 2 heterocycles. The Balaban J connectivity index is 1.44. The summed E-state index contributed by atoms with van der Waals surface area (Å²) in [7, 11) is 0. The molecule has 0 amide bonds. The van der Waals surface area contributed by atoms with Gasteiger partial charge in [0, 0.05) is 13.1 Å². The minimum atomic E-state index is 0.291. The van der Waals surface area contributed by atoms with Gasteiger partial charge in [-0.25, -0.2) is 0 Å². The first-order valence-corrected chi connectivity index (χ1v) is 8.40. The van der Waals surface area contributed by atoms with Crippen LogP contribution in [0.2, 0.25) is 0 Å². The van der Waals surface area contributed by atoms with Gasteiger partial charge in [0.1, 0.15) is 0 Å². The summed E-state index contributed by atoms with van der Waals surface area (Å²) in [5.74, 6) is 0.843. The van der Waals surface area contributed by atoms with E-state index in [-0.39, 0.29) is 0 Å². The van der Waals surface area contributed by atoms with Crippen molar-refractivity contribution in [3.63, 3.8) is 0 Å². The van der Waals surface area contributed by atoms with Crippen molar-refractivity contribution in [3.05, 3.63) is 0 Å². The van der Waals surface area contributed by atoms with E-state index in [0.29, 0.717) is 11.7 Å². The zero-order chi connectivity index (χ0) is 13.1. The molecule has 3 nitrogen and oxygen atoms in total. The van der Waals surface area contributed by atoms with Gasteiger partial charge in [-0.05, 0) is 57.5 Å². The third-order valence-corrected chi connectivity index (χ3v) is 5.51. The smallest absolute Gasteiger partial charge is 0.0710 e. The molecule has 2 unspecified atom stereocenters. The van der Waals surface area contributed by atoms with Crippen LogP contribution in [0.15, 0.2) is 0 Å². The molecule has 0 aromatic rings. The lowest BCUT2D eigenvalue weighted by Gasteiger charge is -2.34. The predicted molar refractivity (Wildman–Crippen MR) is 78.1 cm³/mol. The van der Waals surface area contributed by atoms with Crippen LogP contribution in [0.3, 0.4) is 0 Å². The average molecular weight is 266 g/mol. The van der Waals surface area contributed by atoms with Gasteiger partial charge in [-0.15, -0.1) is 0 Å². The Bertz CT molecular complexity index is 288. The first kappa shape index (κ1) is 13.8. The molecule has 2 saturated heterocycles. The van der Waals surface area contributed by atoms with Crippen molar-refractivity contribution in [1.82, 2.24) is 4.90 Å². The van der Waals surface area contributed by atoms with E-state index in [1.165, 1.54) is 77.4 Å². The molecule has 0 radical (unpaired) electrons. The first-order valence-electron chi connectivity index (χ1n) is 8.40. The summed E-state index contributed by atoms with van der Waals surface area (Å²) in [6.45, 7) is 4.53. The van der Waals surface area contributed by atoms with Crippen molar-refractivity contribution >= 4 is 0 Å². The van der Waals surface area contributed by atoms with Gasteiger partial charge in [-0.1, -0.05) is 19.3 Å². The van der Waals surface area contributed by atoms with Gasteiger partial charge in [0.05, 0.1) is 11.7 Å². The molecule has 1 aliphatic carbocycles. The quantitative estimate of drug-likeness (QED) is 0.850. The second kappa shape index (κ2) is 6.11. The maximum Gasteiger partial charge on any atom is 0.0710 e. The van der Waals surface area contributed by atoms with E-state index in [4.69, 9.17) is 10.5 Å². The van der Waals surface area contributed by atoms with Crippen LogP contribution in [0.1, 0.15) is 57.8 Å². The van der Waals surface area contributed by atoms with Crippen LogP contribution in [0, 0.1) is 5.92 Å². The molecule has 2 N–H and O–H groups in total. The number of hydrogen-bond acceptors (Lipinski definition) is 3. The summed E-state index contributed by atoms with van der Waals surface area (Å²) in [6, 6.07) is 0. The maximum atomic E-state index is 6.48. The molecule has 3 fully saturated rings. The number of ether oxygens (including phenoxy) is 1. The highest BCUT2D eigenvalue weighted by Gasteiger charge is 2.41. The van der Waals surface area contributed by atoms with Gasteiger partial charge in [-0.2, -0.15) is 0 Å². The minimum Gasteiger partial charge on any atom is -0.370 e. The highest BCUT2D eigenvalue weighted by Crippen LogP contribution is 2.42. The fourth-order valence-corrected chi connectivity index (χ4v) is 4.43. The Morgan fingerprint density at radius 1 is 1.11 bits per heavy atom. The SMILES string of the molecule is NCCC1CCN(CC2CCC3(CCCCC3)O2)C1. The molecule has 3 aliphatic rings. The Hall–Kier alpha value is -0.120. The molecule has 3 rings (SSSR count). The lowest BCUT2D eigenvalue weighted by atomic mass is 9.83. The molecule has 2 aliphatic heterocycles. The zero-order valence-electron chi connectivity index (χ0n) is 12.3. The lowest BCUT2D eigenvalue weighted by Crippen LogP contribution is -2.36. The van der Waals surface area contributed by atoms with E-state index in [1.54, 1.807) is 0 Å². The molecule has 0 aromatic carbocycles. The van der Waals surface area contributed by atoms with Crippen LogP contribution < -0.4 is 5.73 Å². The number of hydrogen-bond donors (Lipinski definition) is 1. The second-order valence-electron chi connectivity index (χ2n) is 7.01. The number of rotatable bonds is 4. The summed E-state index contributed by atoms with van der Waals surface area (Å²) in [6.07, 6.45) is 12.5. The molecule has 0 aromatic heterocycles. The van der Waals surface area contributed by atoms with E-state index in [1.807, 2.05) is 0 Å². The highest BCUT2D eigenvalue weighted by atomic mass is 16.5. The Labute approximate surface area is 117 Å². The summed E-state index contributed by atoms with van der Waals surface area (Å²) >= 11 is 0. The average Bonchev–Trinajstić information content (AvgIpc) is 3.00. The summed E-state index contributed by atoms with van der Waals surface area (Å²) < 4.78 is 6.48. The van der Waals surface area contributed by atoms with Crippen LogP contribution in [-0.2, 0) is 4.74 Å². The highest BCUT2D eigenvalue weighted by molar-refractivity contribution is 4.92. The van der Waals surface area contributed by atoms with Crippen molar-refractivity contribution in [2.45, 2.75) is 69.5 Å². The van der Waals surface area contributed by atoms with Gasteiger partial charge >= 0.3 is 0 Å².